The van der Waals surface area contributed by atoms with E-state index >= 15 is 0 Å². The van der Waals surface area contributed by atoms with Crippen LogP contribution in [0.5, 0.6) is 0 Å². The second kappa shape index (κ2) is 5.62. The number of halogens is 4. The maximum absolute atomic E-state index is 5.91. The molecule has 2 aromatic rings. The van der Waals surface area contributed by atoms with Crippen molar-refractivity contribution in [2.45, 2.75) is 4.84 Å². The minimum atomic E-state index is -0.545. The van der Waals surface area contributed by atoms with Crippen LogP contribution in [0.2, 0.25) is 5.02 Å². The highest BCUT2D eigenvalue weighted by Gasteiger charge is 2.12. The number of hydrogen-bond donors (Lipinski definition) is 0. The Kier molecular flexibility index (Phi) is 4.37. The predicted octanol–water partition coefficient (Wildman–Crippen LogP) is 6.25. The van der Waals surface area contributed by atoms with Crippen LogP contribution in [0, 0.1) is 0 Å². The van der Waals surface area contributed by atoms with Crippen LogP contribution in [0.1, 0.15) is 10.4 Å². The molecule has 0 unspecified atom stereocenters. The topological polar surface area (TPSA) is 0 Å². The lowest BCUT2D eigenvalue weighted by molar-refractivity contribution is 1.32. The predicted molar refractivity (Wildman–Crippen MR) is 79.0 cm³/mol. The highest BCUT2D eigenvalue weighted by Crippen LogP contribution is 2.37. The molecule has 0 saturated carbocycles. The minimum absolute atomic E-state index is 0.545. The Balaban J connectivity index is 2.52. The molecule has 0 bridgehead atoms. The van der Waals surface area contributed by atoms with Crippen LogP contribution in [-0.2, 0) is 0 Å². The van der Waals surface area contributed by atoms with Crippen LogP contribution < -0.4 is 0 Å². The zero-order valence-corrected chi connectivity index (χ0v) is 12.5. The molecule has 4 heteroatoms. The highest BCUT2D eigenvalue weighted by molar-refractivity contribution is 9.10. The van der Waals surface area contributed by atoms with Crippen LogP contribution in [0.25, 0.3) is 11.1 Å². The maximum Gasteiger partial charge on any atom is 0.133 e. The van der Waals surface area contributed by atoms with E-state index in [0.29, 0.717) is 5.02 Å². The van der Waals surface area contributed by atoms with Gasteiger partial charge in [-0.15, -0.1) is 23.2 Å². The number of rotatable bonds is 2. The van der Waals surface area contributed by atoms with Crippen LogP contribution in [0.3, 0.4) is 0 Å². The van der Waals surface area contributed by atoms with Crippen LogP contribution in [-0.4, -0.2) is 0 Å². The SMILES string of the molecule is Clc1ccc(-c2cccc(C(Cl)Cl)c2Br)cc1. The fraction of sp³-hybridized carbons (Fsp3) is 0.0769. The molecule has 2 aromatic carbocycles. The van der Waals surface area contributed by atoms with Gasteiger partial charge in [-0.05, 0) is 44.8 Å². The summed E-state index contributed by atoms with van der Waals surface area (Å²) < 4.78 is 0.914. The van der Waals surface area contributed by atoms with E-state index in [2.05, 4.69) is 15.9 Å². The molecular formula is C13H8BrCl3. The number of hydrogen-bond acceptors (Lipinski definition) is 0. The first-order chi connectivity index (χ1) is 8.09. The van der Waals surface area contributed by atoms with Crippen molar-refractivity contribution < 1.29 is 0 Å². The summed E-state index contributed by atoms with van der Waals surface area (Å²) >= 11 is 21.2. The largest absolute Gasteiger partial charge is 0.133 e. The Morgan fingerprint density at radius 3 is 2.18 bits per heavy atom. The summed E-state index contributed by atoms with van der Waals surface area (Å²) in [6.45, 7) is 0. The molecule has 0 amide bonds. The molecule has 0 atom stereocenters. The van der Waals surface area contributed by atoms with Crippen molar-refractivity contribution >= 4 is 50.7 Å². The Bertz CT molecular complexity index is 521. The van der Waals surface area contributed by atoms with Gasteiger partial charge in [-0.3, -0.25) is 0 Å². The van der Waals surface area contributed by atoms with Crippen molar-refractivity contribution in [3.63, 3.8) is 0 Å². The van der Waals surface area contributed by atoms with Gasteiger partial charge in [0.2, 0.25) is 0 Å². The molecule has 0 heterocycles. The van der Waals surface area contributed by atoms with Crippen molar-refractivity contribution in [3.8, 4) is 11.1 Å². The molecule has 0 aliphatic heterocycles. The molecule has 0 saturated heterocycles. The van der Waals surface area contributed by atoms with Crippen LogP contribution >= 0.6 is 50.7 Å². The van der Waals surface area contributed by atoms with E-state index in [1.54, 1.807) is 0 Å². The monoisotopic (exact) mass is 348 g/mol. The molecule has 0 aliphatic rings. The van der Waals surface area contributed by atoms with Gasteiger partial charge < -0.3 is 0 Å². The van der Waals surface area contributed by atoms with Crippen LogP contribution in [0.4, 0.5) is 0 Å². The summed E-state index contributed by atoms with van der Waals surface area (Å²) in [5.41, 5.74) is 2.98. The lowest BCUT2D eigenvalue weighted by atomic mass is 10.0. The third-order valence-corrected chi connectivity index (χ3v) is 4.03. The molecule has 0 spiro atoms. The van der Waals surface area contributed by atoms with Gasteiger partial charge in [0.05, 0.1) is 0 Å². The quantitative estimate of drug-likeness (QED) is 0.562. The lowest BCUT2D eigenvalue weighted by Gasteiger charge is -2.10. The summed E-state index contributed by atoms with van der Waals surface area (Å²) in [5, 5.41) is 0.716. The molecule has 2 rings (SSSR count). The van der Waals surface area contributed by atoms with Gasteiger partial charge >= 0.3 is 0 Å². The van der Waals surface area contributed by atoms with Crippen molar-refractivity contribution in [1.82, 2.24) is 0 Å². The molecule has 88 valence electrons. The Labute approximate surface area is 124 Å². The van der Waals surface area contributed by atoms with E-state index in [4.69, 9.17) is 34.8 Å². The van der Waals surface area contributed by atoms with Crippen molar-refractivity contribution in [2.24, 2.45) is 0 Å². The van der Waals surface area contributed by atoms with Crippen molar-refractivity contribution in [2.75, 3.05) is 0 Å². The Morgan fingerprint density at radius 1 is 0.941 bits per heavy atom. The molecular weight excluding hydrogens is 342 g/mol. The summed E-state index contributed by atoms with van der Waals surface area (Å²) in [4.78, 5) is -0.545. The van der Waals surface area contributed by atoms with Crippen molar-refractivity contribution in [1.29, 1.82) is 0 Å². The van der Waals surface area contributed by atoms with Crippen LogP contribution in [0.15, 0.2) is 46.9 Å². The van der Waals surface area contributed by atoms with Gasteiger partial charge in [0, 0.05) is 9.50 Å². The average Bonchev–Trinajstić information content (AvgIpc) is 2.30. The standard InChI is InChI=1S/C13H8BrCl3/c14-12-10(2-1-3-11(12)13(16)17)8-4-6-9(15)7-5-8/h1-7,13H. The molecule has 0 nitrogen and oxygen atoms in total. The fourth-order valence-corrected chi connectivity index (χ4v) is 3.05. The van der Waals surface area contributed by atoms with E-state index in [1.807, 2.05) is 42.5 Å². The van der Waals surface area contributed by atoms with E-state index in [0.717, 1.165) is 21.2 Å². The molecule has 0 N–H and O–H groups in total. The molecule has 0 aliphatic carbocycles. The first kappa shape index (κ1) is 13.2. The first-order valence-corrected chi connectivity index (χ1v) is 6.96. The molecule has 0 fully saturated rings. The van der Waals surface area contributed by atoms with Gasteiger partial charge in [0.25, 0.3) is 0 Å². The molecule has 0 radical (unpaired) electrons. The average molecular weight is 350 g/mol. The van der Waals surface area contributed by atoms with E-state index < -0.39 is 4.84 Å². The zero-order chi connectivity index (χ0) is 12.4. The Hall–Kier alpha value is -0.210. The van der Waals surface area contributed by atoms with Gasteiger partial charge in [0.1, 0.15) is 4.84 Å². The smallest absolute Gasteiger partial charge is 0.100 e. The molecule has 0 aromatic heterocycles. The third-order valence-electron chi connectivity index (χ3n) is 2.42. The van der Waals surface area contributed by atoms with E-state index in [9.17, 15) is 0 Å². The van der Waals surface area contributed by atoms with Crippen molar-refractivity contribution in [3.05, 3.63) is 57.5 Å². The second-order valence-corrected chi connectivity index (χ2v) is 5.84. The van der Waals surface area contributed by atoms with Gasteiger partial charge in [-0.2, -0.15) is 0 Å². The zero-order valence-electron chi connectivity index (χ0n) is 8.63. The molecule has 17 heavy (non-hydrogen) atoms. The third kappa shape index (κ3) is 2.97. The van der Waals surface area contributed by atoms with Gasteiger partial charge in [0.15, 0.2) is 0 Å². The summed E-state index contributed by atoms with van der Waals surface area (Å²) in [6.07, 6.45) is 0. The Morgan fingerprint density at radius 2 is 1.59 bits per heavy atom. The first-order valence-electron chi connectivity index (χ1n) is 4.92. The summed E-state index contributed by atoms with van der Waals surface area (Å²) in [5.74, 6) is 0. The lowest BCUT2D eigenvalue weighted by Crippen LogP contribution is -1.87. The summed E-state index contributed by atoms with van der Waals surface area (Å²) in [6, 6.07) is 13.5. The van der Waals surface area contributed by atoms with Gasteiger partial charge in [-0.25, -0.2) is 0 Å². The number of benzene rings is 2. The van der Waals surface area contributed by atoms with Gasteiger partial charge in [-0.1, -0.05) is 41.9 Å². The summed E-state index contributed by atoms with van der Waals surface area (Å²) in [7, 11) is 0. The van der Waals surface area contributed by atoms with E-state index in [1.165, 1.54) is 0 Å². The fourth-order valence-electron chi connectivity index (χ4n) is 1.57. The maximum atomic E-state index is 5.91. The number of alkyl halides is 2. The minimum Gasteiger partial charge on any atom is -0.100 e. The highest BCUT2D eigenvalue weighted by atomic mass is 79.9. The second-order valence-electron chi connectivity index (χ2n) is 3.52. The normalized spacial score (nSPS) is 10.9. The van der Waals surface area contributed by atoms with E-state index in [-0.39, 0.29) is 0 Å².